The molecule has 0 bridgehead atoms. The van der Waals surface area contributed by atoms with E-state index in [4.69, 9.17) is 9.47 Å². The molecule has 0 unspecified atom stereocenters. The Kier molecular flexibility index (Phi) is 7.37. The number of hydrogen-bond donors (Lipinski definition) is 2. The Morgan fingerprint density at radius 2 is 1.61 bits per heavy atom. The van der Waals surface area contributed by atoms with Crippen LogP contribution in [0.3, 0.4) is 0 Å². The summed E-state index contributed by atoms with van der Waals surface area (Å²) in [7, 11) is 1.27. The van der Waals surface area contributed by atoms with Gasteiger partial charge in [-0.2, -0.15) is 0 Å². The zero-order chi connectivity index (χ0) is 22.1. The van der Waals surface area contributed by atoms with Crippen molar-refractivity contribution < 1.29 is 23.9 Å². The highest BCUT2D eigenvalue weighted by Gasteiger charge is 2.14. The summed E-state index contributed by atoms with van der Waals surface area (Å²) in [6, 6.07) is 22.7. The molecule has 3 aromatic carbocycles. The monoisotopic (exact) mass is 418 g/mol. The summed E-state index contributed by atoms with van der Waals surface area (Å²) in [5.41, 5.74) is 1.99. The maximum absolute atomic E-state index is 12.4. The summed E-state index contributed by atoms with van der Waals surface area (Å²) >= 11 is 0. The molecule has 0 aliphatic rings. The molecule has 0 aromatic heterocycles. The van der Waals surface area contributed by atoms with Gasteiger partial charge in [-0.1, -0.05) is 48.5 Å². The Bertz CT molecular complexity index is 1070. The summed E-state index contributed by atoms with van der Waals surface area (Å²) in [6.07, 6.45) is 0. The Morgan fingerprint density at radius 3 is 2.39 bits per heavy atom. The van der Waals surface area contributed by atoms with Gasteiger partial charge in [0.1, 0.15) is 5.75 Å². The van der Waals surface area contributed by atoms with Crippen LogP contribution in [0.1, 0.15) is 26.3 Å². The fourth-order valence-electron chi connectivity index (χ4n) is 2.82. The first-order valence-electron chi connectivity index (χ1n) is 9.59. The number of carbonyl (C=O) groups excluding carboxylic acids is 3. The molecule has 0 spiro atoms. The van der Waals surface area contributed by atoms with Crippen molar-refractivity contribution in [3.05, 3.63) is 95.6 Å². The number of amides is 2. The second-order valence-corrected chi connectivity index (χ2v) is 6.57. The Hall–Kier alpha value is -4.13. The number of methoxy groups -OCH3 is 1. The van der Waals surface area contributed by atoms with Crippen LogP contribution in [0.4, 0.5) is 5.69 Å². The van der Waals surface area contributed by atoms with Gasteiger partial charge in [0.2, 0.25) is 0 Å². The van der Waals surface area contributed by atoms with Crippen LogP contribution in [0.5, 0.6) is 5.75 Å². The molecule has 2 N–H and O–H groups in total. The number of esters is 1. The molecule has 7 nitrogen and oxygen atoms in total. The van der Waals surface area contributed by atoms with E-state index in [9.17, 15) is 14.4 Å². The van der Waals surface area contributed by atoms with Crippen LogP contribution in [0, 0.1) is 0 Å². The lowest BCUT2D eigenvalue weighted by Crippen LogP contribution is -2.23. The SMILES string of the molecule is COC(=O)c1ccccc1NC(=O)COc1cccc(C(=O)NCc2ccccc2)c1. The Morgan fingerprint density at radius 1 is 0.871 bits per heavy atom. The molecular formula is C24H22N2O5. The van der Waals surface area contributed by atoms with Gasteiger partial charge in [-0.3, -0.25) is 9.59 Å². The van der Waals surface area contributed by atoms with E-state index >= 15 is 0 Å². The number of ether oxygens (including phenoxy) is 2. The molecule has 3 aromatic rings. The van der Waals surface area contributed by atoms with E-state index in [1.165, 1.54) is 7.11 Å². The zero-order valence-corrected chi connectivity index (χ0v) is 17.0. The maximum atomic E-state index is 12.4. The first kappa shape index (κ1) is 21.6. The minimum Gasteiger partial charge on any atom is -0.484 e. The van der Waals surface area contributed by atoms with Crippen LogP contribution in [0.15, 0.2) is 78.9 Å². The van der Waals surface area contributed by atoms with Crippen LogP contribution in [-0.2, 0) is 16.1 Å². The van der Waals surface area contributed by atoms with Gasteiger partial charge in [0.25, 0.3) is 11.8 Å². The quantitative estimate of drug-likeness (QED) is 0.547. The van der Waals surface area contributed by atoms with Gasteiger partial charge in [-0.15, -0.1) is 0 Å². The molecule has 0 heterocycles. The summed E-state index contributed by atoms with van der Waals surface area (Å²) in [6.45, 7) is 0.122. The fraction of sp³-hybridized carbons (Fsp3) is 0.125. The highest BCUT2D eigenvalue weighted by atomic mass is 16.5. The van der Waals surface area contributed by atoms with E-state index in [-0.39, 0.29) is 18.1 Å². The average Bonchev–Trinajstić information content (AvgIpc) is 2.82. The van der Waals surface area contributed by atoms with Crippen LogP contribution < -0.4 is 15.4 Å². The molecule has 0 saturated carbocycles. The second kappa shape index (κ2) is 10.6. The summed E-state index contributed by atoms with van der Waals surface area (Å²) in [4.78, 5) is 36.4. The average molecular weight is 418 g/mol. The standard InChI is InChI=1S/C24H22N2O5/c1-30-24(29)20-12-5-6-13-21(20)26-22(27)16-31-19-11-7-10-18(14-19)23(28)25-15-17-8-3-2-4-9-17/h2-14H,15-16H2,1H3,(H,25,28)(H,26,27). The highest BCUT2D eigenvalue weighted by Crippen LogP contribution is 2.17. The first-order valence-corrected chi connectivity index (χ1v) is 9.59. The topological polar surface area (TPSA) is 93.7 Å². The van der Waals surface area contributed by atoms with Gasteiger partial charge in [-0.05, 0) is 35.9 Å². The lowest BCUT2D eigenvalue weighted by molar-refractivity contribution is -0.118. The van der Waals surface area contributed by atoms with Gasteiger partial charge >= 0.3 is 5.97 Å². The third-order valence-corrected chi connectivity index (χ3v) is 4.37. The van der Waals surface area contributed by atoms with Crippen molar-refractivity contribution in [3.63, 3.8) is 0 Å². The molecule has 0 fully saturated rings. The zero-order valence-electron chi connectivity index (χ0n) is 17.0. The van der Waals surface area contributed by atoms with Gasteiger partial charge in [0.05, 0.1) is 18.4 Å². The third kappa shape index (κ3) is 6.17. The van der Waals surface area contributed by atoms with Gasteiger partial charge in [0.15, 0.2) is 6.61 Å². The Balaban J connectivity index is 1.56. The molecule has 158 valence electrons. The number of rotatable bonds is 8. The highest BCUT2D eigenvalue weighted by molar-refractivity contribution is 6.01. The van der Waals surface area contributed by atoms with E-state index in [1.807, 2.05) is 30.3 Å². The fourth-order valence-corrected chi connectivity index (χ4v) is 2.82. The largest absolute Gasteiger partial charge is 0.484 e. The molecule has 0 aliphatic heterocycles. The predicted octanol–water partition coefficient (Wildman–Crippen LogP) is 3.42. The van der Waals surface area contributed by atoms with Crippen molar-refractivity contribution in [1.82, 2.24) is 5.32 Å². The van der Waals surface area contributed by atoms with Crippen molar-refractivity contribution >= 4 is 23.5 Å². The van der Waals surface area contributed by atoms with Crippen molar-refractivity contribution in [2.75, 3.05) is 19.0 Å². The molecule has 3 rings (SSSR count). The molecule has 2 amide bonds. The summed E-state index contributed by atoms with van der Waals surface area (Å²) in [5, 5.41) is 5.47. The van der Waals surface area contributed by atoms with Crippen LogP contribution in [0.2, 0.25) is 0 Å². The van der Waals surface area contributed by atoms with Gasteiger partial charge < -0.3 is 20.1 Å². The lowest BCUT2D eigenvalue weighted by Gasteiger charge is -2.11. The molecule has 0 radical (unpaired) electrons. The Labute approximate surface area is 180 Å². The van der Waals surface area contributed by atoms with E-state index < -0.39 is 11.9 Å². The number of nitrogens with one attached hydrogen (secondary N) is 2. The normalized spacial score (nSPS) is 10.1. The molecule has 31 heavy (non-hydrogen) atoms. The van der Waals surface area contributed by atoms with Crippen LogP contribution >= 0.6 is 0 Å². The lowest BCUT2D eigenvalue weighted by atomic mass is 10.2. The molecule has 0 saturated heterocycles. The predicted molar refractivity (Wildman–Crippen MR) is 116 cm³/mol. The molecule has 7 heteroatoms. The molecule has 0 atom stereocenters. The minimum atomic E-state index is -0.550. The number of carbonyl (C=O) groups is 3. The van der Waals surface area contributed by atoms with Gasteiger partial charge in [0, 0.05) is 12.1 Å². The number of para-hydroxylation sites is 1. The van der Waals surface area contributed by atoms with E-state index in [1.54, 1.807) is 48.5 Å². The van der Waals surface area contributed by atoms with Gasteiger partial charge in [-0.25, -0.2) is 4.79 Å². The minimum absolute atomic E-state index is 0.245. The smallest absolute Gasteiger partial charge is 0.339 e. The van der Waals surface area contributed by atoms with Crippen molar-refractivity contribution in [1.29, 1.82) is 0 Å². The summed E-state index contributed by atoms with van der Waals surface area (Å²) < 4.78 is 10.2. The van der Waals surface area contributed by atoms with E-state index in [0.29, 0.717) is 23.5 Å². The van der Waals surface area contributed by atoms with Crippen LogP contribution in [0.25, 0.3) is 0 Å². The van der Waals surface area contributed by atoms with Crippen LogP contribution in [-0.4, -0.2) is 31.5 Å². The van der Waals surface area contributed by atoms with Crippen molar-refractivity contribution in [2.24, 2.45) is 0 Å². The maximum Gasteiger partial charge on any atom is 0.339 e. The molecule has 0 aliphatic carbocycles. The van der Waals surface area contributed by atoms with E-state index in [0.717, 1.165) is 5.56 Å². The second-order valence-electron chi connectivity index (χ2n) is 6.57. The third-order valence-electron chi connectivity index (χ3n) is 4.37. The number of anilines is 1. The molecular weight excluding hydrogens is 396 g/mol. The van der Waals surface area contributed by atoms with Crippen molar-refractivity contribution in [3.8, 4) is 5.75 Å². The first-order chi connectivity index (χ1) is 15.1. The number of benzene rings is 3. The van der Waals surface area contributed by atoms with E-state index in [2.05, 4.69) is 10.6 Å². The van der Waals surface area contributed by atoms with Crippen molar-refractivity contribution in [2.45, 2.75) is 6.54 Å². The number of hydrogen-bond acceptors (Lipinski definition) is 5. The summed E-state index contributed by atoms with van der Waals surface area (Å²) in [5.74, 6) is -0.865.